The van der Waals surface area contributed by atoms with Gasteiger partial charge in [0.2, 0.25) is 0 Å². The van der Waals surface area contributed by atoms with Crippen LogP contribution >= 0.6 is 0 Å². The third-order valence-corrected chi connectivity index (χ3v) is 4.43. The molecule has 2 N–H and O–H groups in total. The molecule has 2 aliphatic rings. The van der Waals surface area contributed by atoms with Crippen LogP contribution < -0.4 is 5.73 Å². The molecule has 3 heteroatoms. The average molecular weight is 247 g/mol. The van der Waals surface area contributed by atoms with E-state index < -0.39 is 0 Å². The van der Waals surface area contributed by atoms with Crippen LogP contribution in [0.2, 0.25) is 0 Å². The maximum Gasteiger partial charge on any atom is 0.127 e. The van der Waals surface area contributed by atoms with E-state index in [-0.39, 0.29) is 0 Å². The molecule has 0 spiro atoms. The summed E-state index contributed by atoms with van der Waals surface area (Å²) in [6.45, 7) is 4.39. The number of imidazole rings is 1. The molecule has 0 aliphatic heterocycles. The SMILES string of the molecule is CC(C)c1nc(C2CCCCC2)n(C2CC2)c1N. The summed E-state index contributed by atoms with van der Waals surface area (Å²) in [7, 11) is 0. The molecule has 0 saturated heterocycles. The van der Waals surface area contributed by atoms with Crippen LogP contribution in [-0.4, -0.2) is 9.55 Å². The van der Waals surface area contributed by atoms with Crippen LogP contribution in [0.15, 0.2) is 0 Å². The van der Waals surface area contributed by atoms with Gasteiger partial charge in [0.1, 0.15) is 11.6 Å². The van der Waals surface area contributed by atoms with E-state index in [0.29, 0.717) is 17.9 Å². The van der Waals surface area contributed by atoms with Gasteiger partial charge in [-0.25, -0.2) is 4.98 Å². The van der Waals surface area contributed by atoms with Crippen molar-refractivity contribution in [2.75, 3.05) is 5.73 Å². The zero-order chi connectivity index (χ0) is 12.7. The summed E-state index contributed by atoms with van der Waals surface area (Å²) in [6.07, 6.45) is 9.31. The predicted octanol–water partition coefficient (Wildman–Crippen LogP) is 3.97. The number of anilines is 1. The molecule has 0 radical (unpaired) electrons. The molecule has 1 aromatic heterocycles. The Morgan fingerprint density at radius 1 is 1.11 bits per heavy atom. The molecule has 2 saturated carbocycles. The van der Waals surface area contributed by atoms with Crippen LogP contribution in [0.4, 0.5) is 5.82 Å². The zero-order valence-corrected chi connectivity index (χ0v) is 11.7. The van der Waals surface area contributed by atoms with Crippen molar-refractivity contribution in [1.82, 2.24) is 9.55 Å². The molecule has 0 atom stereocenters. The summed E-state index contributed by atoms with van der Waals surface area (Å²) in [5.74, 6) is 3.35. The molecular weight excluding hydrogens is 222 g/mol. The van der Waals surface area contributed by atoms with Crippen LogP contribution in [0.5, 0.6) is 0 Å². The van der Waals surface area contributed by atoms with E-state index in [0.717, 1.165) is 11.5 Å². The van der Waals surface area contributed by atoms with E-state index in [1.807, 2.05) is 0 Å². The molecule has 3 rings (SSSR count). The Hall–Kier alpha value is -0.990. The van der Waals surface area contributed by atoms with Gasteiger partial charge in [-0.15, -0.1) is 0 Å². The minimum absolute atomic E-state index is 0.437. The van der Waals surface area contributed by atoms with Crippen molar-refractivity contribution < 1.29 is 0 Å². The molecule has 3 nitrogen and oxygen atoms in total. The van der Waals surface area contributed by atoms with Crippen molar-refractivity contribution in [2.24, 2.45) is 0 Å². The lowest BCUT2D eigenvalue weighted by molar-refractivity contribution is 0.416. The van der Waals surface area contributed by atoms with Crippen LogP contribution in [0, 0.1) is 0 Å². The van der Waals surface area contributed by atoms with Crippen molar-refractivity contribution in [2.45, 2.75) is 76.7 Å². The zero-order valence-electron chi connectivity index (χ0n) is 11.7. The molecule has 0 aromatic carbocycles. The van der Waals surface area contributed by atoms with Crippen molar-refractivity contribution in [3.05, 3.63) is 11.5 Å². The van der Waals surface area contributed by atoms with Gasteiger partial charge in [-0.2, -0.15) is 0 Å². The third-order valence-electron chi connectivity index (χ3n) is 4.43. The highest BCUT2D eigenvalue weighted by Crippen LogP contribution is 2.44. The molecule has 0 amide bonds. The number of nitrogens with two attached hydrogens (primary N) is 1. The summed E-state index contributed by atoms with van der Waals surface area (Å²) in [4.78, 5) is 4.93. The van der Waals surface area contributed by atoms with Gasteiger partial charge in [0, 0.05) is 12.0 Å². The topological polar surface area (TPSA) is 43.8 Å². The van der Waals surface area contributed by atoms with Crippen LogP contribution in [-0.2, 0) is 0 Å². The lowest BCUT2D eigenvalue weighted by Crippen LogP contribution is -2.12. The standard InChI is InChI=1S/C15H25N3/c1-10(2)13-14(16)18(12-8-9-12)15(17-13)11-6-4-3-5-7-11/h10-12H,3-9,16H2,1-2H3. The Balaban J connectivity index is 1.98. The fraction of sp³-hybridized carbons (Fsp3) is 0.800. The van der Waals surface area contributed by atoms with E-state index >= 15 is 0 Å². The Morgan fingerprint density at radius 3 is 2.33 bits per heavy atom. The smallest absolute Gasteiger partial charge is 0.127 e. The van der Waals surface area contributed by atoms with E-state index in [1.165, 1.54) is 50.8 Å². The maximum absolute atomic E-state index is 6.35. The number of nitrogen functional groups attached to an aromatic ring is 1. The largest absolute Gasteiger partial charge is 0.384 e. The Bertz CT molecular complexity index is 423. The third kappa shape index (κ3) is 2.04. The molecule has 0 bridgehead atoms. The first-order valence-corrected chi connectivity index (χ1v) is 7.56. The van der Waals surface area contributed by atoms with Crippen LogP contribution in [0.1, 0.15) is 88.2 Å². The summed E-state index contributed by atoms with van der Waals surface area (Å²) in [6, 6.07) is 0.655. The van der Waals surface area contributed by atoms with Crippen molar-refractivity contribution in [1.29, 1.82) is 0 Å². The highest BCUT2D eigenvalue weighted by atomic mass is 15.2. The van der Waals surface area contributed by atoms with Gasteiger partial charge in [0.15, 0.2) is 0 Å². The van der Waals surface area contributed by atoms with Gasteiger partial charge < -0.3 is 10.3 Å². The number of hydrogen-bond donors (Lipinski definition) is 1. The number of aromatic nitrogens is 2. The molecule has 2 fully saturated rings. The first-order valence-electron chi connectivity index (χ1n) is 7.56. The van der Waals surface area contributed by atoms with Gasteiger partial charge in [-0.3, -0.25) is 0 Å². The minimum Gasteiger partial charge on any atom is -0.384 e. The number of nitrogens with zero attached hydrogens (tertiary/aromatic N) is 2. The number of hydrogen-bond acceptors (Lipinski definition) is 2. The van der Waals surface area contributed by atoms with Gasteiger partial charge in [0.05, 0.1) is 5.69 Å². The molecule has 1 aromatic rings. The van der Waals surface area contributed by atoms with E-state index in [1.54, 1.807) is 0 Å². The second kappa shape index (κ2) is 4.60. The van der Waals surface area contributed by atoms with Gasteiger partial charge in [-0.05, 0) is 31.6 Å². The fourth-order valence-corrected chi connectivity index (χ4v) is 3.27. The Kier molecular flexibility index (Phi) is 3.08. The lowest BCUT2D eigenvalue weighted by atomic mass is 9.88. The van der Waals surface area contributed by atoms with Crippen molar-refractivity contribution in [3.8, 4) is 0 Å². The monoisotopic (exact) mass is 247 g/mol. The highest BCUT2D eigenvalue weighted by Gasteiger charge is 2.33. The highest BCUT2D eigenvalue weighted by molar-refractivity contribution is 5.42. The minimum atomic E-state index is 0.437. The Labute approximate surface area is 110 Å². The van der Waals surface area contributed by atoms with Gasteiger partial charge in [0.25, 0.3) is 0 Å². The second-order valence-electron chi connectivity index (χ2n) is 6.33. The summed E-state index contributed by atoms with van der Waals surface area (Å²) < 4.78 is 2.38. The molecule has 18 heavy (non-hydrogen) atoms. The van der Waals surface area contributed by atoms with Crippen LogP contribution in [0.25, 0.3) is 0 Å². The second-order valence-corrected chi connectivity index (χ2v) is 6.33. The molecule has 1 heterocycles. The van der Waals surface area contributed by atoms with Crippen molar-refractivity contribution in [3.63, 3.8) is 0 Å². The molecular formula is C15H25N3. The van der Waals surface area contributed by atoms with Crippen LogP contribution in [0.3, 0.4) is 0 Å². The van der Waals surface area contributed by atoms with Gasteiger partial charge in [-0.1, -0.05) is 33.1 Å². The number of rotatable bonds is 3. The maximum atomic E-state index is 6.35. The van der Waals surface area contributed by atoms with E-state index in [9.17, 15) is 0 Å². The van der Waals surface area contributed by atoms with Crippen molar-refractivity contribution >= 4 is 5.82 Å². The first-order chi connectivity index (χ1) is 8.68. The molecule has 0 unspecified atom stereocenters. The van der Waals surface area contributed by atoms with E-state index in [4.69, 9.17) is 10.7 Å². The Morgan fingerprint density at radius 2 is 1.78 bits per heavy atom. The predicted molar refractivity (Wildman–Crippen MR) is 74.8 cm³/mol. The summed E-state index contributed by atoms with van der Waals surface area (Å²) in [5.41, 5.74) is 7.48. The first kappa shape index (κ1) is 12.1. The summed E-state index contributed by atoms with van der Waals surface area (Å²) in [5, 5.41) is 0. The van der Waals surface area contributed by atoms with Gasteiger partial charge >= 0.3 is 0 Å². The quantitative estimate of drug-likeness (QED) is 0.878. The average Bonchev–Trinajstić information content (AvgIpc) is 3.14. The molecule has 2 aliphatic carbocycles. The van der Waals surface area contributed by atoms with E-state index in [2.05, 4.69) is 18.4 Å². The summed E-state index contributed by atoms with van der Waals surface area (Å²) >= 11 is 0. The normalized spacial score (nSPS) is 21.7. The fourth-order valence-electron chi connectivity index (χ4n) is 3.27. The molecule has 100 valence electrons. The lowest BCUT2D eigenvalue weighted by Gasteiger charge is -2.22.